The van der Waals surface area contributed by atoms with Crippen LogP contribution in [0.5, 0.6) is 5.75 Å². The molecular formula is C13H17ClN2O4. The summed E-state index contributed by atoms with van der Waals surface area (Å²) in [6.07, 6.45) is 0. The maximum Gasteiger partial charge on any atom is 0.325 e. The average molecular weight is 301 g/mol. The van der Waals surface area contributed by atoms with Crippen molar-refractivity contribution in [3.8, 4) is 5.75 Å². The van der Waals surface area contributed by atoms with Gasteiger partial charge in [0.15, 0.2) is 6.73 Å². The van der Waals surface area contributed by atoms with Gasteiger partial charge >= 0.3 is 12.0 Å². The number of ether oxygens (including phenoxy) is 2. The highest BCUT2D eigenvalue weighted by Crippen LogP contribution is 2.25. The number of halogens is 1. The molecule has 0 bridgehead atoms. The van der Waals surface area contributed by atoms with Crippen molar-refractivity contribution in [3.05, 3.63) is 28.3 Å². The third-order valence-corrected chi connectivity index (χ3v) is 3.10. The van der Waals surface area contributed by atoms with Crippen molar-refractivity contribution >= 4 is 23.6 Å². The minimum Gasteiger partial charge on any atom is -0.473 e. The van der Waals surface area contributed by atoms with Gasteiger partial charge in [0.25, 0.3) is 0 Å². The molecule has 0 aliphatic carbocycles. The predicted octanol–water partition coefficient (Wildman–Crippen LogP) is 1.77. The Balaban J connectivity index is 2.37. The molecule has 0 aromatic heterocycles. The Labute approximate surface area is 122 Å². The molecule has 0 saturated carbocycles. The highest BCUT2D eigenvalue weighted by molar-refractivity contribution is 6.32. The fourth-order valence-electron chi connectivity index (χ4n) is 1.46. The topological polar surface area (TPSA) is 76.7 Å². The molecule has 0 radical (unpaired) electrons. The van der Waals surface area contributed by atoms with Crippen molar-refractivity contribution in [1.82, 2.24) is 10.6 Å². The quantitative estimate of drug-likeness (QED) is 0.642. The van der Waals surface area contributed by atoms with Gasteiger partial charge in [-0.25, -0.2) is 4.79 Å². The van der Waals surface area contributed by atoms with Crippen LogP contribution in [-0.4, -0.2) is 32.4 Å². The molecule has 110 valence electrons. The van der Waals surface area contributed by atoms with Crippen molar-refractivity contribution in [2.45, 2.75) is 13.8 Å². The minimum absolute atomic E-state index is 0.0203. The van der Waals surface area contributed by atoms with Gasteiger partial charge in [-0.2, -0.15) is 0 Å². The monoisotopic (exact) mass is 300 g/mol. The maximum absolute atomic E-state index is 11.3. The van der Waals surface area contributed by atoms with E-state index in [1.807, 2.05) is 13.8 Å². The van der Waals surface area contributed by atoms with E-state index in [1.54, 1.807) is 12.1 Å². The van der Waals surface area contributed by atoms with Crippen molar-refractivity contribution in [1.29, 1.82) is 0 Å². The summed E-state index contributed by atoms with van der Waals surface area (Å²) in [5.74, 6) is 0.0858. The minimum atomic E-state index is -0.523. The number of nitrogens with one attached hydrogen (secondary N) is 2. The molecule has 0 aliphatic heterocycles. The number of carbonyl (C=O) groups excluding carboxylic acids is 2. The van der Waals surface area contributed by atoms with Crippen molar-refractivity contribution in [3.63, 3.8) is 0 Å². The molecule has 1 rings (SSSR count). The van der Waals surface area contributed by atoms with Crippen molar-refractivity contribution in [2.75, 3.05) is 20.4 Å². The summed E-state index contributed by atoms with van der Waals surface area (Å²) in [6.45, 7) is 3.53. The first kappa shape index (κ1) is 16.1. The van der Waals surface area contributed by atoms with Crippen LogP contribution in [0.15, 0.2) is 12.1 Å². The summed E-state index contributed by atoms with van der Waals surface area (Å²) in [7, 11) is 1.25. The van der Waals surface area contributed by atoms with Gasteiger partial charge in [-0.1, -0.05) is 11.6 Å². The van der Waals surface area contributed by atoms with E-state index in [0.29, 0.717) is 10.8 Å². The molecule has 0 unspecified atom stereocenters. The van der Waals surface area contributed by atoms with Crippen LogP contribution in [0.3, 0.4) is 0 Å². The van der Waals surface area contributed by atoms with Gasteiger partial charge in [0.2, 0.25) is 0 Å². The molecule has 0 fully saturated rings. The number of carbonyl (C=O) groups is 2. The first-order chi connectivity index (χ1) is 9.43. The summed E-state index contributed by atoms with van der Waals surface area (Å²) in [4.78, 5) is 22.1. The molecule has 1 aromatic carbocycles. The molecule has 0 atom stereocenters. The second-order valence-electron chi connectivity index (χ2n) is 4.10. The number of methoxy groups -OCH3 is 1. The fraction of sp³-hybridized carbons (Fsp3) is 0.385. The van der Waals surface area contributed by atoms with Gasteiger partial charge in [0.1, 0.15) is 12.3 Å². The second-order valence-corrected chi connectivity index (χ2v) is 4.47. The van der Waals surface area contributed by atoms with Gasteiger partial charge in [-0.15, -0.1) is 0 Å². The van der Waals surface area contributed by atoms with E-state index < -0.39 is 12.0 Å². The molecular weight excluding hydrogens is 284 g/mol. The van der Waals surface area contributed by atoms with Crippen LogP contribution < -0.4 is 15.4 Å². The van der Waals surface area contributed by atoms with E-state index in [0.717, 1.165) is 11.1 Å². The molecule has 2 amide bonds. The molecule has 2 N–H and O–H groups in total. The summed E-state index contributed by atoms with van der Waals surface area (Å²) in [5.41, 5.74) is 1.80. The number of aryl methyl sites for hydroxylation is 2. The third kappa shape index (κ3) is 4.97. The number of amides is 2. The highest BCUT2D eigenvalue weighted by Gasteiger charge is 2.06. The zero-order valence-corrected chi connectivity index (χ0v) is 12.3. The summed E-state index contributed by atoms with van der Waals surface area (Å²) in [6, 6.07) is 3.05. The first-order valence-electron chi connectivity index (χ1n) is 5.92. The summed E-state index contributed by atoms with van der Waals surface area (Å²) < 4.78 is 9.77. The van der Waals surface area contributed by atoms with Gasteiger partial charge < -0.3 is 20.1 Å². The molecule has 0 spiro atoms. The Bertz CT molecular complexity index is 482. The Morgan fingerprint density at radius 1 is 1.20 bits per heavy atom. The van der Waals surface area contributed by atoms with E-state index in [2.05, 4.69) is 15.4 Å². The fourth-order valence-corrected chi connectivity index (χ4v) is 1.57. The van der Waals surface area contributed by atoms with Crippen LogP contribution in [0.1, 0.15) is 11.1 Å². The van der Waals surface area contributed by atoms with Crippen molar-refractivity contribution < 1.29 is 19.1 Å². The van der Waals surface area contributed by atoms with E-state index in [4.69, 9.17) is 16.3 Å². The number of benzene rings is 1. The molecule has 0 saturated heterocycles. The lowest BCUT2D eigenvalue weighted by Crippen LogP contribution is -2.40. The van der Waals surface area contributed by atoms with Crippen molar-refractivity contribution in [2.24, 2.45) is 0 Å². The molecule has 1 aromatic rings. The number of esters is 1. The lowest BCUT2D eigenvalue weighted by atomic mass is 10.1. The van der Waals surface area contributed by atoms with E-state index in [-0.39, 0.29) is 13.3 Å². The smallest absolute Gasteiger partial charge is 0.325 e. The van der Waals surface area contributed by atoms with Crippen LogP contribution in [0, 0.1) is 13.8 Å². The predicted molar refractivity (Wildman–Crippen MR) is 75.0 cm³/mol. The molecule has 0 aliphatic rings. The summed E-state index contributed by atoms with van der Waals surface area (Å²) in [5, 5.41) is 5.47. The Morgan fingerprint density at radius 3 is 2.35 bits per heavy atom. The standard InChI is InChI=1S/C13H17ClN2O4/c1-8-4-10(5-9(2)12(8)14)20-7-16-13(18)15-6-11(17)19-3/h4-5H,6-7H2,1-3H3,(H2,15,16,18). The van der Waals surface area contributed by atoms with Gasteiger partial charge in [0, 0.05) is 5.02 Å². The molecule has 20 heavy (non-hydrogen) atoms. The number of rotatable bonds is 5. The largest absolute Gasteiger partial charge is 0.473 e. The lowest BCUT2D eigenvalue weighted by Gasteiger charge is -2.11. The Hall–Kier alpha value is -1.95. The van der Waals surface area contributed by atoms with Crippen LogP contribution >= 0.6 is 11.6 Å². The third-order valence-electron chi connectivity index (χ3n) is 2.50. The molecule has 0 heterocycles. The zero-order chi connectivity index (χ0) is 15.1. The summed E-state index contributed by atoms with van der Waals surface area (Å²) >= 11 is 6.04. The first-order valence-corrected chi connectivity index (χ1v) is 6.30. The molecule has 7 heteroatoms. The SMILES string of the molecule is COC(=O)CNC(=O)NCOc1cc(C)c(Cl)c(C)c1. The van der Waals surface area contributed by atoms with Crippen LogP contribution in [0.25, 0.3) is 0 Å². The number of hydrogen-bond acceptors (Lipinski definition) is 4. The lowest BCUT2D eigenvalue weighted by molar-refractivity contribution is -0.139. The van der Waals surface area contributed by atoms with E-state index in [1.165, 1.54) is 7.11 Å². The van der Waals surface area contributed by atoms with Crippen LogP contribution in [0.4, 0.5) is 4.79 Å². The van der Waals surface area contributed by atoms with Crippen LogP contribution in [-0.2, 0) is 9.53 Å². The average Bonchev–Trinajstić information content (AvgIpc) is 2.42. The number of urea groups is 1. The normalized spacial score (nSPS) is 9.80. The van der Waals surface area contributed by atoms with Gasteiger partial charge in [0.05, 0.1) is 7.11 Å². The highest BCUT2D eigenvalue weighted by atomic mass is 35.5. The van der Waals surface area contributed by atoms with Gasteiger partial charge in [-0.3, -0.25) is 4.79 Å². The van der Waals surface area contributed by atoms with Gasteiger partial charge in [-0.05, 0) is 37.1 Å². The van der Waals surface area contributed by atoms with E-state index >= 15 is 0 Å². The maximum atomic E-state index is 11.3. The second kappa shape index (κ2) is 7.59. The number of hydrogen-bond donors (Lipinski definition) is 2. The Morgan fingerprint density at radius 2 is 1.80 bits per heavy atom. The molecule has 6 nitrogen and oxygen atoms in total. The van der Waals surface area contributed by atoms with E-state index in [9.17, 15) is 9.59 Å². The zero-order valence-electron chi connectivity index (χ0n) is 11.6. The van der Waals surface area contributed by atoms with Crippen LogP contribution in [0.2, 0.25) is 5.02 Å². The Kier molecular flexibility index (Phi) is 6.11.